The van der Waals surface area contributed by atoms with Crippen LogP contribution >= 0.6 is 0 Å². The molecule has 2 unspecified atom stereocenters. The van der Waals surface area contributed by atoms with Crippen molar-refractivity contribution in [3.63, 3.8) is 0 Å². The number of carbonyl (C=O) groups is 4. The average Bonchev–Trinajstić information content (AvgIpc) is 3.19. The molecule has 5 amide bonds. The minimum absolute atomic E-state index is 0.114. The van der Waals surface area contributed by atoms with Crippen LogP contribution in [0.25, 0.3) is 0 Å². The van der Waals surface area contributed by atoms with Gasteiger partial charge < -0.3 is 14.8 Å². The van der Waals surface area contributed by atoms with Crippen LogP contribution in [0.3, 0.4) is 0 Å². The highest BCUT2D eigenvalue weighted by molar-refractivity contribution is 6.27. The summed E-state index contributed by atoms with van der Waals surface area (Å²) in [7, 11) is 0. The zero-order valence-electron chi connectivity index (χ0n) is 21.0. The van der Waals surface area contributed by atoms with Gasteiger partial charge in [-0.2, -0.15) is 18.2 Å². The number of rotatable bonds is 9. The number of nitrogens with zero attached hydrogens (tertiary/aromatic N) is 2. The predicted molar refractivity (Wildman–Crippen MR) is 131 cm³/mol. The number of halogens is 3. The number of hydrogen-bond donors (Lipinski definition) is 2. The van der Waals surface area contributed by atoms with Crippen molar-refractivity contribution in [1.82, 2.24) is 15.5 Å². The van der Waals surface area contributed by atoms with Crippen molar-refractivity contribution in [1.29, 1.82) is 0 Å². The molecule has 13 heteroatoms. The van der Waals surface area contributed by atoms with E-state index >= 15 is 0 Å². The Kier molecular flexibility index (Phi) is 7.61. The lowest BCUT2D eigenvalue weighted by atomic mass is 9.81. The number of ether oxygens (including phenoxy) is 2. The topological polar surface area (TPSA) is 126 Å². The summed E-state index contributed by atoms with van der Waals surface area (Å²) < 4.78 is 54.8. The standard InChI is InChI=1S/C26H25F3N4O6/c1-3-38-17-11-10-15(14-18(17)39-4-2)12-13-33-20-19(22(35)31-24(33)37)25(23(36)30-20,26(27,28)29)32-21(34)16-8-6-5-7-9-16/h5-11,14,19H,3-4,12-13H2,1-2H3,(H,32,34)(H,31,35,37). The number of hydrogen-bond acceptors (Lipinski definition) is 6. The third kappa shape index (κ3) is 5.03. The molecule has 39 heavy (non-hydrogen) atoms. The Morgan fingerprint density at radius 2 is 1.72 bits per heavy atom. The Bertz CT molecular complexity index is 1330. The third-order valence-electron chi connectivity index (χ3n) is 6.28. The van der Waals surface area contributed by atoms with Gasteiger partial charge in [0.25, 0.3) is 11.8 Å². The van der Waals surface area contributed by atoms with Crippen LogP contribution in [0, 0.1) is 5.92 Å². The molecule has 2 heterocycles. The molecule has 0 saturated carbocycles. The average molecular weight is 547 g/mol. The Balaban J connectivity index is 1.64. The molecule has 2 aliphatic rings. The highest BCUT2D eigenvalue weighted by Crippen LogP contribution is 2.44. The third-order valence-corrected chi connectivity index (χ3v) is 6.28. The molecule has 0 aliphatic carbocycles. The molecule has 2 aromatic rings. The summed E-state index contributed by atoms with van der Waals surface area (Å²) in [5.41, 5.74) is -3.21. The largest absolute Gasteiger partial charge is 0.490 e. The van der Waals surface area contributed by atoms with Crippen LogP contribution in [-0.2, 0) is 16.0 Å². The predicted octanol–water partition coefficient (Wildman–Crippen LogP) is 2.86. The van der Waals surface area contributed by atoms with Gasteiger partial charge in [-0.3, -0.25) is 24.6 Å². The smallest absolute Gasteiger partial charge is 0.422 e. The fourth-order valence-corrected chi connectivity index (χ4v) is 4.48. The molecule has 1 saturated heterocycles. The van der Waals surface area contributed by atoms with Crippen LogP contribution in [0.5, 0.6) is 11.5 Å². The lowest BCUT2D eigenvalue weighted by Gasteiger charge is -2.39. The first kappa shape index (κ1) is 27.6. The maximum atomic E-state index is 14.6. The first-order valence-electron chi connectivity index (χ1n) is 12.1. The molecule has 2 atom stereocenters. The number of amides is 5. The van der Waals surface area contributed by atoms with E-state index in [4.69, 9.17) is 9.47 Å². The van der Waals surface area contributed by atoms with Crippen LogP contribution in [0.4, 0.5) is 18.0 Å². The van der Waals surface area contributed by atoms with E-state index in [1.807, 2.05) is 12.2 Å². The zero-order valence-corrected chi connectivity index (χ0v) is 21.0. The van der Waals surface area contributed by atoms with Gasteiger partial charge >= 0.3 is 12.2 Å². The molecule has 2 aromatic carbocycles. The summed E-state index contributed by atoms with van der Waals surface area (Å²) in [6.07, 6.45) is -5.31. The monoisotopic (exact) mass is 546 g/mol. The van der Waals surface area contributed by atoms with Crippen LogP contribution in [-0.4, -0.2) is 66.0 Å². The van der Waals surface area contributed by atoms with E-state index < -0.39 is 47.2 Å². The Morgan fingerprint density at radius 1 is 1.05 bits per heavy atom. The molecular weight excluding hydrogens is 521 g/mol. The van der Waals surface area contributed by atoms with Gasteiger partial charge in [-0.25, -0.2) is 4.79 Å². The summed E-state index contributed by atoms with van der Waals surface area (Å²) >= 11 is 0. The van der Waals surface area contributed by atoms with E-state index in [1.165, 1.54) is 24.3 Å². The summed E-state index contributed by atoms with van der Waals surface area (Å²) in [6.45, 7) is 4.13. The number of amidine groups is 1. The Labute approximate surface area is 221 Å². The second kappa shape index (κ2) is 10.8. The molecule has 4 rings (SSSR count). The van der Waals surface area contributed by atoms with Gasteiger partial charge in [-0.1, -0.05) is 24.3 Å². The summed E-state index contributed by atoms with van der Waals surface area (Å²) in [5.74, 6) is -6.47. The molecule has 0 radical (unpaired) electrons. The van der Waals surface area contributed by atoms with Gasteiger partial charge in [-0.05, 0) is 50.1 Å². The van der Waals surface area contributed by atoms with Crippen molar-refractivity contribution in [2.75, 3.05) is 19.8 Å². The normalized spacial score (nSPS) is 20.7. The van der Waals surface area contributed by atoms with E-state index in [1.54, 1.807) is 36.5 Å². The fraction of sp³-hybridized carbons (Fsp3) is 0.346. The Hall–Kier alpha value is -4.42. The lowest BCUT2D eigenvalue weighted by molar-refractivity contribution is -0.202. The maximum Gasteiger partial charge on any atom is 0.422 e. The molecule has 0 aromatic heterocycles. The van der Waals surface area contributed by atoms with Crippen LogP contribution in [0.2, 0.25) is 0 Å². The summed E-state index contributed by atoms with van der Waals surface area (Å²) in [4.78, 5) is 55.4. The highest BCUT2D eigenvalue weighted by Gasteiger charge is 2.73. The van der Waals surface area contributed by atoms with Crippen LogP contribution in [0.1, 0.15) is 29.8 Å². The SMILES string of the molecule is CCOc1ccc(CCN2C(=O)NC(=O)C3C2=NC(=O)C3(NC(=O)c2ccccc2)C(F)(F)F)cc1OCC. The van der Waals surface area contributed by atoms with Gasteiger partial charge in [-0.15, -0.1) is 0 Å². The Morgan fingerprint density at radius 3 is 2.36 bits per heavy atom. The van der Waals surface area contributed by atoms with Gasteiger partial charge in [0.2, 0.25) is 11.4 Å². The quantitative estimate of drug-likeness (QED) is 0.498. The molecule has 2 aliphatic heterocycles. The van der Waals surface area contributed by atoms with Crippen LogP contribution < -0.4 is 20.1 Å². The van der Waals surface area contributed by atoms with Crippen molar-refractivity contribution < 1.29 is 41.8 Å². The summed E-state index contributed by atoms with van der Waals surface area (Å²) in [5, 5.41) is 3.59. The molecule has 2 N–H and O–H groups in total. The van der Waals surface area contributed by atoms with Crippen molar-refractivity contribution in [3.05, 3.63) is 59.7 Å². The van der Waals surface area contributed by atoms with E-state index in [2.05, 4.69) is 4.99 Å². The lowest BCUT2D eigenvalue weighted by Crippen LogP contribution is -2.72. The van der Waals surface area contributed by atoms with E-state index in [0.717, 1.165) is 4.90 Å². The number of fused-ring (bicyclic) bond motifs is 1. The first-order chi connectivity index (χ1) is 18.5. The second-order valence-corrected chi connectivity index (χ2v) is 8.68. The van der Waals surface area contributed by atoms with Crippen molar-refractivity contribution in [2.45, 2.75) is 32.0 Å². The van der Waals surface area contributed by atoms with Gasteiger partial charge in [0, 0.05) is 12.1 Å². The minimum atomic E-state index is -5.42. The number of urea groups is 1. The maximum absolute atomic E-state index is 14.6. The second-order valence-electron chi connectivity index (χ2n) is 8.68. The molecule has 10 nitrogen and oxygen atoms in total. The molecule has 206 valence electrons. The molecular formula is C26H25F3N4O6. The fourth-order valence-electron chi connectivity index (χ4n) is 4.48. The minimum Gasteiger partial charge on any atom is -0.490 e. The molecule has 0 spiro atoms. The number of alkyl halides is 3. The number of aliphatic imine (C=N–C) groups is 1. The van der Waals surface area contributed by atoms with E-state index in [0.29, 0.717) is 30.3 Å². The first-order valence-corrected chi connectivity index (χ1v) is 12.1. The van der Waals surface area contributed by atoms with E-state index in [9.17, 15) is 32.3 Å². The highest BCUT2D eigenvalue weighted by atomic mass is 19.4. The number of imide groups is 1. The number of carbonyl (C=O) groups excluding carboxylic acids is 4. The summed E-state index contributed by atoms with van der Waals surface area (Å²) in [6, 6.07) is 10.9. The van der Waals surface area contributed by atoms with E-state index in [-0.39, 0.29) is 18.5 Å². The molecule has 0 bridgehead atoms. The van der Waals surface area contributed by atoms with Crippen molar-refractivity contribution >= 4 is 29.6 Å². The van der Waals surface area contributed by atoms with Gasteiger partial charge in [0.05, 0.1) is 13.2 Å². The van der Waals surface area contributed by atoms with Crippen molar-refractivity contribution in [2.24, 2.45) is 10.9 Å². The zero-order chi connectivity index (χ0) is 28.4. The van der Waals surface area contributed by atoms with Crippen molar-refractivity contribution in [3.8, 4) is 11.5 Å². The van der Waals surface area contributed by atoms with Crippen LogP contribution in [0.15, 0.2) is 53.5 Å². The number of nitrogens with one attached hydrogen (secondary N) is 2. The molecule has 1 fully saturated rings. The number of benzene rings is 2. The van der Waals surface area contributed by atoms with Gasteiger partial charge in [0.1, 0.15) is 11.8 Å². The van der Waals surface area contributed by atoms with Gasteiger partial charge in [0.15, 0.2) is 11.5 Å².